The highest BCUT2D eigenvalue weighted by Gasteiger charge is 2.15. The molecule has 2 aromatic carbocycles. The quantitative estimate of drug-likeness (QED) is 0.534. The fourth-order valence-electron chi connectivity index (χ4n) is 2.52. The second-order valence-electron chi connectivity index (χ2n) is 7.21. The minimum atomic E-state index is -0.370. The maximum Gasteiger partial charge on any atom is 0.261 e. The molecule has 2 rings (SSSR count). The minimum absolute atomic E-state index is 0.0809. The second kappa shape index (κ2) is 11.1. The lowest BCUT2D eigenvalue weighted by molar-refractivity contribution is -0.116. The number of halogens is 1. The van der Waals surface area contributed by atoms with Crippen molar-refractivity contribution in [3.05, 3.63) is 52.5 Å². The molecule has 0 atom stereocenters. The lowest BCUT2D eigenvalue weighted by Gasteiger charge is -2.17. The summed E-state index contributed by atoms with van der Waals surface area (Å²) in [5.74, 6) is 0.560. The summed E-state index contributed by atoms with van der Waals surface area (Å²) in [6.45, 7) is 6.25. The number of carbonyl (C=O) groups excluding carboxylic acids is 2. The summed E-state index contributed by atoms with van der Waals surface area (Å²) in [4.78, 5) is 25.9. The molecule has 30 heavy (non-hydrogen) atoms. The van der Waals surface area contributed by atoms with Crippen LogP contribution in [0.4, 0.5) is 11.4 Å². The highest BCUT2D eigenvalue weighted by molar-refractivity contribution is 9.10. The van der Waals surface area contributed by atoms with Gasteiger partial charge in [-0.25, -0.2) is 0 Å². The van der Waals surface area contributed by atoms with E-state index in [4.69, 9.17) is 17.0 Å². The van der Waals surface area contributed by atoms with E-state index in [1.54, 1.807) is 37.4 Å². The molecular formula is C22H26BrN3O3S. The van der Waals surface area contributed by atoms with E-state index < -0.39 is 0 Å². The van der Waals surface area contributed by atoms with Crippen LogP contribution in [0.25, 0.3) is 0 Å². The van der Waals surface area contributed by atoms with Gasteiger partial charge in [-0.1, -0.05) is 35.8 Å². The Kier molecular flexibility index (Phi) is 8.80. The third-order valence-electron chi connectivity index (χ3n) is 4.33. The standard InChI is InChI=1S/C22H26BrN3O3S/c1-14(2)10-11-29-20-9-8-16(23)12-19(20)21(28)25-22(30)24-17-6-5-7-18(13-17)26(4)15(3)27/h5-9,12-14H,10-11H2,1-4H3,(H2,24,25,28,30). The molecule has 2 amide bonds. The highest BCUT2D eigenvalue weighted by atomic mass is 79.9. The molecule has 2 aromatic rings. The average Bonchev–Trinajstić information content (AvgIpc) is 2.68. The maximum atomic E-state index is 12.8. The number of thiocarbonyl (C=S) groups is 1. The van der Waals surface area contributed by atoms with Gasteiger partial charge >= 0.3 is 0 Å². The molecule has 0 aliphatic carbocycles. The molecule has 0 aliphatic heterocycles. The van der Waals surface area contributed by atoms with Crippen LogP contribution in [0.2, 0.25) is 0 Å². The maximum absolute atomic E-state index is 12.8. The molecule has 0 heterocycles. The Morgan fingerprint density at radius 2 is 1.93 bits per heavy atom. The predicted octanol–water partition coefficient (Wildman–Crippen LogP) is 4.98. The SMILES string of the molecule is CC(=O)N(C)c1cccc(NC(=S)NC(=O)c2cc(Br)ccc2OCCC(C)C)c1. The van der Waals surface area contributed by atoms with E-state index in [-0.39, 0.29) is 16.9 Å². The first-order valence-electron chi connectivity index (χ1n) is 9.56. The van der Waals surface area contributed by atoms with Gasteiger partial charge < -0.3 is 15.0 Å². The first kappa shape index (κ1) is 23.8. The van der Waals surface area contributed by atoms with Crippen LogP contribution in [0.15, 0.2) is 46.9 Å². The summed E-state index contributed by atoms with van der Waals surface area (Å²) in [6, 6.07) is 12.5. The Hall–Kier alpha value is -2.45. The third kappa shape index (κ3) is 7.11. The minimum Gasteiger partial charge on any atom is -0.493 e. The van der Waals surface area contributed by atoms with Crippen molar-refractivity contribution in [3.63, 3.8) is 0 Å². The smallest absolute Gasteiger partial charge is 0.261 e. The Bertz CT molecular complexity index is 934. The van der Waals surface area contributed by atoms with Crippen molar-refractivity contribution in [3.8, 4) is 5.75 Å². The van der Waals surface area contributed by atoms with Crippen molar-refractivity contribution in [1.82, 2.24) is 5.32 Å². The molecule has 160 valence electrons. The molecule has 6 nitrogen and oxygen atoms in total. The molecule has 0 aliphatic rings. The van der Waals surface area contributed by atoms with E-state index in [9.17, 15) is 9.59 Å². The summed E-state index contributed by atoms with van der Waals surface area (Å²) in [5, 5.41) is 5.81. The van der Waals surface area contributed by atoms with Gasteiger partial charge in [0.15, 0.2) is 5.11 Å². The van der Waals surface area contributed by atoms with Gasteiger partial charge in [-0.2, -0.15) is 0 Å². The Morgan fingerprint density at radius 3 is 2.60 bits per heavy atom. The molecule has 0 saturated carbocycles. The van der Waals surface area contributed by atoms with Gasteiger partial charge in [0.1, 0.15) is 5.75 Å². The number of hydrogen-bond donors (Lipinski definition) is 2. The van der Waals surface area contributed by atoms with Gasteiger partial charge in [-0.15, -0.1) is 0 Å². The predicted molar refractivity (Wildman–Crippen MR) is 128 cm³/mol. The van der Waals surface area contributed by atoms with Gasteiger partial charge in [0.2, 0.25) is 5.91 Å². The molecule has 0 fully saturated rings. The molecule has 0 bridgehead atoms. The zero-order valence-electron chi connectivity index (χ0n) is 17.5. The number of ether oxygens (including phenoxy) is 1. The van der Waals surface area contributed by atoms with Crippen LogP contribution < -0.4 is 20.3 Å². The van der Waals surface area contributed by atoms with Crippen molar-refractivity contribution in [2.75, 3.05) is 23.9 Å². The highest BCUT2D eigenvalue weighted by Crippen LogP contribution is 2.24. The summed E-state index contributed by atoms with van der Waals surface area (Å²) in [5.41, 5.74) is 1.77. The number of nitrogens with one attached hydrogen (secondary N) is 2. The van der Waals surface area contributed by atoms with E-state index in [2.05, 4.69) is 40.4 Å². The zero-order chi connectivity index (χ0) is 22.3. The van der Waals surface area contributed by atoms with Crippen LogP contribution in [0, 0.1) is 5.92 Å². The number of anilines is 2. The van der Waals surface area contributed by atoms with Crippen LogP contribution in [-0.4, -0.2) is 30.6 Å². The van der Waals surface area contributed by atoms with Crippen LogP contribution in [0.3, 0.4) is 0 Å². The van der Waals surface area contributed by atoms with E-state index in [1.165, 1.54) is 11.8 Å². The number of hydrogen-bond acceptors (Lipinski definition) is 4. The number of rotatable bonds is 7. The molecule has 0 radical (unpaired) electrons. The zero-order valence-corrected chi connectivity index (χ0v) is 19.9. The van der Waals surface area contributed by atoms with E-state index >= 15 is 0 Å². The number of amides is 2. The van der Waals surface area contributed by atoms with E-state index in [0.29, 0.717) is 29.5 Å². The molecule has 0 saturated heterocycles. The van der Waals surface area contributed by atoms with Crippen LogP contribution in [0.5, 0.6) is 5.75 Å². The normalized spacial score (nSPS) is 10.5. The molecule has 0 unspecified atom stereocenters. The van der Waals surface area contributed by atoms with Gasteiger partial charge in [0.25, 0.3) is 5.91 Å². The van der Waals surface area contributed by atoms with Gasteiger partial charge in [0.05, 0.1) is 12.2 Å². The average molecular weight is 492 g/mol. The summed E-state index contributed by atoms with van der Waals surface area (Å²) >= 11 is 8.69. The molecule has 0 spiro atoms. The van der Waals surface area contributed by atoms with Gasteiger partial charge in [-0.05, 0) is 61.0 Å². The molecule has 8 heteroatoms. The van der Waals surface area contributed by atoms with Crippen molar-refractivity contribution in [2.45, 2.75) is 27.2 Å². The Labute approximate surface area is 191 Å². The fraction of sp³-hybridized carbons (Fsp3) is 0.318. The lowest BCUT2D eigenvalue weighted by atomic mass is 10.1. The van der Waals surface area contributed by atoms with Crippen LogP contribution >= 0.6 is 28.1 Å². The van der Waals surface area contributed by atoms with Crippen molar-refractivity contribution >= 4 is 56.4 Å². The summed E-state index contributed by atoms with van der Waals surface area (Å²) < 4.78 is 6.57. The monoisotopic (exact) mass is 491 g/mol. The van der Waals surface area contributed by atoms with Crippen LogP contribution in [-0.2, 0) is 4.79 Å². The van der Waals surface area contributed by atoms with Crippen molar-refractivity contribution < 1.29 is 14.3 Å². The molecular weight excluding hydrogens is 466 g/mol. The lowest BCUT2D eigenvalue weighted by Crippen LogP contribution is -2.34. The Morgan fingerprint density at radius 1 is 1.20 bits per heavy atom. The largest absolute Gasteiger partial charge is 0.493 e. The molecule has 0 aromatic heterocycles. The first-order valence-corrected chi connectivity index (χ1v) is 10.8. The van der Waals surface area contributed by atoms with E-state index in [0.717, 1.165) is 16.6 Å². The van der Waals surface area contributed by atoms with E-state index in [1.807, 2.05) is 12.1 Å². The summed E-state index contributed by atoms with van der Waals surface area (Å²) in [6.07, 6.45) is 0.891. The first-order chi connectivity index (χ1) is 14.2. The topological polar surface area (TPSA) is 70.7 Å². The van der Waals surface area contributed by atoms with Crippen molar-refractivity contribution in [2.24, 2.45) is 5.92 Å². The number of carbonyl (C=O) groups is 2. The van der Waals surface area contributed by atoms with Gasteiger partial charge in [0, 0.05) is 29.8 Å². The molecule has 2 N–H and O–H groups in total. The number of nitrogens with zero attached hydrogens (tertiary/aromatic N) is 1. The Balaban J connectivity index is 2.07. The second-order valence-corrected chi connectivity index (χ2v) is 8.53. The van der Waals surface area contributed by atoms with Gasteiger partial charge in [-0.3, -0.25) is 14.9 Å². The van der Waals surface area contributed by atoms with Crippen LogP contribution in [0.1, 0.15) is 37.6 Å². The number of benzene rings is 2. The fourth-order valence-corrected chi connectivity index (χ4v) is 3.09. The third-order valence-corrected chi connectivity index (χ3v) is 5.03. The van der Waals surface area contributed by atoms with Crippen molar-refractivity contribution in [1.29, 1.82) is 0 Å². The summed E-state index contributed by atoms with van der Waals surface area (Å²) in [7, 11) is 1.69.